The number of carbonyl (C=O) groups is 2. The van der Waals surface area contributed by atoms with E-state index >= 15 is 0 Å². The molecule has 5 nitrogen and oxygen atoms in total. The molecule has 1 heterocycles. The van der Waals surface area contributed by atoms with Crippen LogP contribution in [0.1, 0.15) is 60.0 Å². The van der Waals surface area contributed by atoms with Crippen LogP contribution in [-0.4, -0.2) is 28.0 Å². The van der Waals surface area contributed by atoms with Gasteiger partial charge in [-0.15, -0.1) is 0 Å². The van der Waals surface area contributed by atoms with Gasteiger partial charge in [0, 0.05) is 6.04 Å². The fraction of sp³-hybridized carbons (Fsp3) is 0.533. The standard InChI is InChI=1S/C15H20N2O3/c1-10(11-6-3-2-4-7-11)16-14(18)12-8-5-9-13(17-12)15(19)20/h5,8-11H,2-4,6-7H2,1H3,(H,16,18)(H,19,20). The van der Waals surface area contributed by atoms with Crippen molar-refractivity contribution in [2.75, 3.05) is 0 Å². The molecule has 0 aromatic carbocycles. The maximum atomic E-state index is 12.1. The van der Waals surface area contributed by atoms with Gasteiger partial charge in [-0.3, -0.25) is 4.79 Å². The number of aromatic carboxylic acids is 1. The van der Waals surface area contributed by atoms with Gasteiger partial charge in [-0.1, -0.05) is 25.3 Å². The number of pyridine rings is 1. The molecule has 0 saturated heterocycles. The Morgan fingerprint density at radius 2 is 1.90 bits per heavy atom. The van der Waals surface area contributed by atoms with Crippen LogP contribution >= 0.6 is 0 Å². The zero-order chi connectivity index (χ0) is 14.5. The van der Waals surface area contributed by atoms with E-state index in [1.807, 2.05) is 6.92 Å². The zero-order valence-corrected chi connectivity index (χ0v) is 11.6. The van der Waals surface area contributed by atoms with Crippen molar-refractivity contribution in [1.29, 1.82) is 0 Å². The SMILES string of the molecule is CC(NC(=O)c1cccc(C(=O)O)n1)C1CCCCC1. The lowest BCUT2D eigenvalue weighted by Gasteiger charge is -2.28. The molecule has 1 amide bonds. The number of carboxylic acids is 1. The molecule has 1 atom stereocenters. The van der Waals surface area contributed by atoms with E-state index in [1.54, 1.807) is 0 Å². The molecule has 20 heavy (non-hydrogen) atoms. The number of carbonyl (C=O) groups excluding carboxylic acids is 1. The predicted molar refractivity (Wildman–Crippen MR) is 74.7 cm³/mol. The van der Waals surface area contributed by atoms with Gasteiger partial charge in [-0.05, 0) is 37.8 Å². The van der Waals surface area contributed by atoms with Crippen molar-refractivity contribution < 1.29 is 14.7 Å². The van der Waals surface area contributed by atoms with Crippen molar-refractivity contribution in [2.24, 2.45) is 5.92 Å². The Morgan fingerprint density at radius 3 is 2.55 bits per heavy atom. The first-order valence-electron chi connectivity index (χ1n) is 7.09. The molecule has 1 fully saturated rings. The van der Waals surface area contributed by atoms with Gasteiger partial charge in [0.25, 0.3) is 5.91 Å². The molecule has 0 aliphatic heterocycles. The summed E-state index contributed by atoms with van der Waals surface area (Å²) in [4.78, 5) is 26.8. The van der Waals surface area contributed by atoms with E-state index in [1.165, 1.54) is 37.5 Å². The number of aromatic nitrogens is 1. The lowest BCUT2D eigenvalue weighted by molar-refractivity contribution is 0.0690. The quantitative estimate of drug-likeness (QED) is 0.885. The first kappa shape index (κ1) is 14.5. The van der Waals surface area contributed by atoms with Gasteiger partial charge in [0.05, 0.1) is 0 Å². The van der Waals surface area contributed by atoms with Gasteiger partial charge in [0.15, 0.2) is 0 Å². The number of amides is 1. The van der Waals surface area contributed by atoms with Gasteiger partial charge in [0.2, 0.25) is 0 Å². The van der Waals surface area contributed by atoms with E-state index in [9.17, 15) is 9.59 Å². The largest absolute Gasteiger partial charge is 0.477 e. The molecule has 2 N–H and O–H groups in total. The summed E-state index contributed by atoms with van der Waals surface area (Å²) in [5.41, 5.74) is 0.0514. The Morgan fingerprint density at radius 1 is 1.25 bits per heavy atom. The van der Waals surface area contributed by atoms with Gasteiger partial charge < -0.3 is 10.4 Å². The monoisotopic (exact) mass is 276 g/mol. The Kier molecular flexibility index (Phi) is 4.71. The third-order valence-electron chi connectivity index (χ3n) is 3.92. The summed E-state index contributed by atoms with van der Waals surface area (Å²) in [6.45, 7) is 2.01. The fourth-order valence-corrected chi connectivity index (χ4v) is 2.71. The molecule has 1 aromatic heterocycles. The molecule has 1 unspecified atom stereocenters. The van der Waals surface area contributed by atoms with Crippen molar-refractivity contribution in [2.45, 2.75) is 45.1 Å². The molecule has 5 heteroatoms. The van der Waals surface area contributed by atoms with Gasteiger partial charge in [-0.2, -0.15) is 0 Å². The van der Waals surface area contributed by atoms with Gasteiger partial charge in [-0.25, -0.2) is 9.78 Å². The molecule has 1 aliphatic carbocycles. The molecule has 0 bridgehead atoms. The van der Waals surface area contributed by atoms with E-state index in [0.29, 0.717) is 5.92 Å². The normalized spacial score (nSPS) is 17.4. The van der Waals surface area contributed by atoms with Crippen LogP contribution in [0.4, 0.5) is 0 Å². The second-order valence-electron chi connectivity index (χ2n) is 5.37. The van der Waals surface area contributed by atoms with E-state index in [4.69, 9.17) is 5.11 Å². The molecular formula is C15H20N2O3. The molecule has 1 saturated carbocycles. The zero-order valence-electron chi connectivity index (χ0n) is 11.6. The minimum atomic E-state index is -1.13. The summed E-state index contributed by atoms with van der Waals surface area (Å²) in [5.74, 6) is -0.915. The van der Waals surface area contributed by atoms with E-state index in [0.717, 1.165) is 12.8 Å². The predicted octanol–water partition coefficient (Wildman–Crippen LogP) is 2.48. The summed E-state index contributed by atoms with van der Waals surface area (Å²) < 4.78 is 0. The van der Waals surface area contributed by atoms with Crippen LogP contribution in [-0.2, 0) is 0 Å². The second kappa shape index (κ2) is 6.50. The highest BCUT2D eigenvalue weighted by molar-refractivity contribution is 5.94. The molecule has 1 aliphatic rings. The highest BCUT2D eigenvalue weighted by Crippen LogP contribution is 2.26. The number of hydrogen-bond acceptors (Lipinski definition) is 3. The third-order valence-corrected chi connectivity index (χ3v) is 3.92. The van der Waals surface area contributed by atoms with Crippen LogP contribution in [0.15, 0.2) is 18.2 Å². The van der Waals surface area contributed by atoms with Gasteiger partial charge in [0.1, 0.15) is 11.4 Å². The van der Waals surface area contributed by atoms with Crippen molar-refractivity contribution in [1.82, 2.24) is 10.3 Å². The Bertz CT molecular complexity index is 496. The molecule has 1 aromatic rings. The van der Waals surface area contributed by atoms with Crippen molar-refractivity contribution in [3.63, 3.8) is 0 Å². The first-order valence-corrected chi connectivity index (χ1v) is 7.09. The second-order valence-corrected chi connectivity index (χ2v) is 5.37. The molecule has 2 rings (SSSR count). The average molecular weight is 276 g/mol. The lowest BCUT2D eigenvalue weighted by atomic mass is 9.84. The number of nitrogens with zero attached hydrogens (tertiary/aromatic N) is 1. The Balaban J connectivity index is 2.00. The summed E-state index contributed by atoms with van der Waals surface area (Å²) in [7, 11) is 0. The number of nitrogens with one attached hydrogen (secondary N) is 1. The summed E-state index contributed by atoms with van der Waals surface area (Å²) in [6, 6.07) is 4.55. The highest BCUT2D eigenvalue weighted by atomic mass is 16.4. The highest BCUT2D eigenvalue weighted by Gasteiger charge is 2.22. The fourth-order valence-electron chi connectivity index (χ4n) is 2.71. The van der Waals surface area contributed by atoms with Crippen LogP contribution in [0.2, 0.25) is 0 Å². The average Bonchev–Trinajstić information content (AvgIpc) is 2.48. The van der Waals surface area contributed by atoms with E-state index < -0.39 is 5.97 Å². The minimum Gasteiger partial charge on any atom is -0.477 e. The Hall–Kier alpha value is -1.91. The first-order chi connectivity index (χ1) is 9.58. The van der Waals surface area contributed by atoms with Crippen molar-refractivity contribution in [3.8, 4) is 0 Å². The molecular weight excluding hydrogens is 256 g/mol. The maximum Gasteiger partial charge on any atom is 0.354 e. The number of carboxylic acid groups (broad SMARTS) is 1. The van der Waals surface area contributed by atoms with Crippen molar-refractivity contribution >= 4 is 11.9 Å². The Labute approximate surface area is 118 Å². The summed E-state index contributed by atoms with van der Waals surface area (Å²) in [6.07, 6.45) is 6.00. The molecule has 108 valence electrons. The van der Waals surface area contributed by atoms with Crippen molar-refractivity contribution in [3.05, 3.63) is 29.6 Å². The minimum absolute atomic E-state index is 0.0954. The third kappa shape index (κ3) is 3.56. The maximum absolute atomic E-state index is 12.1. The van der Waals surface area contributed by atoms with Crippen LogP contribution in [0, 0.1) is 5.92 Å². The van der Waals surface area contributed by atoms with Crippen LogP contribution in [0.5, 0.6) is 0 Å². The number of hydrogen-bond donors (Lipinski definition) is 2. The van der Waals surface area contributed by atoms with Crippen LogP contribution in [0.3, 0.4) is 0 Å². The smallest absolute Gasteiger partial charge is 0.354 e. The van der Waals surface area contributed by atoms with E-state index in [-0.39, 0.29) is 23.3 Å². The summed E-state index contributed by atoms with van der Waals surface area (Å²) >= 11 is 0. The van der Waals surface area contributed by atoms with Crippen LogP contribution < -0.4 is 5.32 Å². The topological polar surface area (TPSA) is 79.3 Å². The van der Waals surface area contributed by atoms with E-state index in [2.05, 4.69) is 10.3 Å². The number of rotatable bonds is 4. The van der Waals surface area contributed by atoms with Crippen LogP contribution in [0.25, 0.3) is 0 Å². The molecule has 0 spiro atoms. The summed E-state index contributed by atoms with van der Waals surface area (Å²) in [5, 5.41) is 11.8. The van der Waals surface area contributed by atoms with Gasteiger partial charge >= 0.3 is 5.97 Å². The molecule has 0 radical (unpaired) electrons. The lowest BCUT2D eigenvalue weighted by Crippen LogP contribution is -2.39.